The maximum absolute atomic E-state index is 4.97. The number of aromatic nitrogens is 1. The Morgan fingerprint density at radius 1 is 1.43 bits per heavy atom. The number of hydrogen-bond acceptors (Lipinski definition) is 2. The topological polar surface area (TPSA) is 26.2 Å². The minimum Gasteiger partial charge on any atom is -0.383 e. The predicted octanol–water partition coefficient (Wildman–Crippen LogP) is 1.55. The van der Waals surface area contributed by atoms with Gasteiger partial charge in [0, 0.05) is 38.1 Å². The molecule has 1 aromatic heterocycles. The van der Waals surface area contributed by atoms with Crippen molar-refractivity contribution in [2.24, 2.45) is 0 Å². The van der Waals surface area contributed by atoms with Crippen molar-refractivity contribution in [1.29, 1.82) is 0 Å². The summed E-state index contributed by atoms with van der Waals surface area (Å²) in [5.74, 6) is 0. The Morgan fingerprint density at radius 3 is 2.86 bits per heavy atom. The van der Waals surface area contributed by atoms with Crippen molar-refractivity contribution in [2.45, 2.75) is 26.9 Å². The van der Waals surface area contributed by atoms with Gasteiger partial charge >= 0.3 is 0 Å². The Bertz CT molecular complexity index is 268. The minimum absolute atomic E-state index is 0.770. The van der Waals surface area contributed by atoms with E-state index in [-0.39, 0.29) is 0 Å². The third-order valence-electron chi connectivity index (χ3n) is 2.39. The summed E-state index contributed by atoms with van der Waals surface area (Å²) in [6.07, 6.45) is 0. The lowest BCUT2D eigenvalue weighted by molar-refractivity contribution is 0.199. The molecule has 1 rings (SSSR count). The lowest BCUT2D eigenvalue weighted by Gasteiger charge is -2.09. The molecule has 0 aliphatic carbocycles. The zero-order chi connectivity index (χ0) is 10.4. The fourth-order valence-corrected chi connectivity index (χ4v) is 1.62. The molecule has 0 bridgehead atoms. The number of rotatable bonds is 6. The standard InChI is InChI=1S/C11H20N2O/c1-4-13-10(2)5-6-11(13)9-12-7-8-14-3/h5-6,12H,4,7-9H2,1-3H3. The molecule has 14 heavy (non-hydrogen) atoms. The van der Waals surface area contributed by atoms with Gasteiger partial charge in [-0.2, -0.15) is 0 Å². The molecule has 0 saturated carbocycles. The van der Waals surface area contributed by atoms with Crippen LogP contribution in [0.3, 0.4) is 0 Å². The van der Waals surface area contributed by atoms with Crippen LogP contribution in [0.1, 0.15) is 18.3 Å². The Balaban J connectivity index is 2.42. The number of ether oxygens (including phenoxy) is 1. The highest BCUT2D eigenvalue weighted by Gasteiger charge is 2.01. The molecule has 1 heterocycles. The molecule has 3 heteroatoms. The van der Waals surface area contributed by atoms with E-state index in [4.69, 9.17) is 4.74 Å². The van der Waals surface area contributed by atoms with Gasteiger partial charge in [0.05, 0.1) is 6.61 Å². The van der Waals surface area contributed by atoms with Gasteiger partial charge in [0.25, 0.3) is 0 Å². The average Bonchev–Trinajstić information content (AvgIpc) is 2.54. The number of methoxy groups -OCH3 is 1. The summed E-state index contributed by atoms with van der Waals surface area (Å²) >= 11 is 0. The predicted molar refractivity (Wildman–Crippen MR) is 58.4 cm³/mol. The first kappa shape index (κ1) is 11.3. The Morgan fingerprint density at radius 2 is 2.21 bits per heavy atom. The first-order valence-corrected chi connectivity index (χ1v) is 5.14. The van der Waals surface area contributed by atoms with Crippen LogP contribution in [0.15, 0.2) is 12.1 Å². The molecule has 0 saturated heterocycles. The first-order valence-electron chi connectivity index (χ1n) is 5.14. The van der Waals surface area contributed by atoms with Gasteiger partial charge in [0.2, 0.25) is 0 Å². The van der Waals surface area contributed by atoms with Gasteiger partial charge in [-0.25, -0.2) is 0 Å². The summed E-state index contributed by atoms with van der Waals surface area (Å²) in [7, 11) is 1.72. The van der Waals surface area contributed by atoms with E-state index in [2.05, 4.69) is 35.9 Å². The quantitative estimate of drug-likeness (QED) is 0.699. The van der Waals surface area contributed by atoms with Crippen LogP contribution in [0.2, 0.25) is 0 Å². The molecule has 1 aromatic rings. The van der Waals surface area contributed by atoms with E-state index < -0.39 is 0 Å². The zero-order valence-electron chi connectivity index (χ0n) is 9.34. The molecule has 0 aromatic carbocycles. The van der Waals surface area contributed by atoms with Crippen LogP contribution in [-0.2, 0) is 17.8 Å². The van der Waals surface area contributed by atoms with Crippen LogP contribution < -0.4 is 5.32 Å². The van der Waals surface area contributed by atoms with Gasteiger partial charge in [-0.15, -0.1) is 0 Å². The average molecular weight is 196 g/mol. The summed E-state index contributed by atoms with van der Waals surface area (Å²) < 4.78 is 7.29. The molecule has 0 unspecified atom stereocenters. The third-order valence-corrected chi connectivity index (χ3v) is 2.39. The van der Waals surface area contributed by atoms with Crippen LogP contribution in [0, 0.1) is 6.92 Å². The smallest absolute Gasteiger partial charge is 0.0587 e. The van der Waals surface area contributed by atoms with Gasteiger partial charge < -0.3 is 14.6 Å². The SMILES string of the molecule is CCn1c(C)ccc1CNCCOC. The number of nitrogens with one attached hydrogen (secondary N) is 1. The van der Waals surface area contributed by atoms with E-state index in [9.17, 15) is 0 Å². The van der Waals surface area contributed by atoms with Crippen LogP contribution >= 0.6 is 0 Å². The van der Waals surface area contributed by atoms with E-state index in [1.54, 1.807) is 7.11 Å². The molecular formula is C11H20N2O. The van der Waals surface area contributed by atoms with Crippen molar-refractivity contribution in [2.75, 3.05) is 20.3 Å². The van der Waals surface area contributed by atoms with Gasteiger partial charge in [0.15, 0.2) is 0 Å². The summed E-state index contributed by atoms with van der Waals surface area (Å²) in [6, 6.07) is 4.34. The Hall–Kier alpha value is -0.800. The molecular weight excluding hydrogens is 176 g/mol. The molecule has 1 N–H and O–H groups in total. The van der Waals surface area contributed by atoms with Gasteiger partial charge in [0.1, 0.15) is 0 Å². The largest absolute Gasteiger partial charge is 0.383 e. The normalized spacial score (nSPS) is 10.8. The van der Waals surface area contributed by atoms with E-state index >= 15 is 0 Å². The van der Waals surface area contributed by atoms with Crippen LogP contribution in [0.4, 0.5) is 0 Å². The number of nitrogens with zero attached hydrogens (tertiary/aromatic N) is 1. The fourth-order valence-electron chi connectivity index (χ4n) is 1.62. The molecule has 0 spiro atoms. The molecule has 0 atom stereocenters. The first-order chi connectivity index (χ1) is 6.79. The molecule has 0 aliphatic rings. The highest BCUT2D eigenvalue weighted by Crippen LogP contribution is 2.07. The Labute approximate surface area is 86.1 Å². The van der Waals surface area contributed by atoms with Gasteiger partial charge in [-0.1, -0.05) is 0 Å². The third kappa shape index (κ3) is 2.86. The summed E-state index contributed by atoms with van der Waals surface area (Å²) in [5.41, 5.74) is 2.68. The molecule has 80 valence electrons. The molecule has 3 nitrogen and oxygen atoms in total. The van der Waals surface area contributed by atoms with E-state index in [1.165, 1.54) is 11.4 Å². The van der Waals surface area contributed by atoms with E-state index in [0.29, 0.717) is 0 Å². The van der Waals surface area contributed by atoms with Crippen molar-refractivity contribution >= 4 is 0 Å². The molecule has 0 aliphatic heterocycles. The monoisotopic (exact) mass is 196 g/mol. The van der Waals surface area contributed by atoms with Crippen LogP contribution in [0.25, 0.3) is 0 Å². The fraction of sp³-hybridized carbons (Fsp3) is 0.636. The molecule has 0 radical (unpaired) electrons. The second kappa shape index (κ2) is 5.83. The van der Waals surface area contributed by atoms with E-state index in [1.807, 2.05) is 0 Å². The highest BCUT2D eigenvalue weighted by atomic mass is 16.5. The van der Waals surface area contributed by atoms with Gasteiger partial charge in [-0.3, -0.25) is 0 Å². The summed E-state index contributed by atoms with van der Waals surface area (Å²) in [5, 5.41) is 3.34. The van der Waals surface area contributed by atoms with E-state index in [0.717, 1.165) is 26.2 Å². The second-order valence-corrected chi connectivity index (χ2v) is 3.38. The highest BCUT2D eigenvalue weighted by molar-refractivity contribution is 5.14. The van der Waals surface area contributed by atoms with Gasteiger partial charge in [-0.05, 0) is 26.0 Å². The van der Waals surface area contributed by atoms with Crippen LogP contribution in [-0.4, -0.2) is 24.8 Å². The zero-order valence-corrected chi connectivity index (χ0v) is 9.34. The lowest BCUT2D eigenvalue weighted by atomic mass is 10.4. The maximum atomic E-state index is 4.97. The summed E-state index contributed by atoms with van der Waals surface area (Å²) in [4.78, 5) is 0. The minimum atomic E-state index is 0.770. The molecule has 0 fully saturated rings. The summed E-state index contributed by atoms with van der Waals surface area (Å²) in [6.45, 7) is 7.95. The van der Waals surface area contributed by atoms with Crippen molar-refractivity contribution in [3.05, 3.63) is 23.5 Å². The molecule has 0 amide bonds. The lowest BCUT2D eigenvalue weighted by Crippen LogP contribution is -2.20. The van der Waals surface area contributed by atoms with Crippen LogP contribution in [0.5, 0.6) is 0 Å². The maximum Gasteiger partial charge on any atom is 0.0587 e. The number of hydrogen-bond donors (Lipinski definition) is 1. The van der Waals surface area contributed by atoms with Crippen molar-refractivity contribution in [3.8, 4) is 0 Å². The van der Waals surface area contributed by atoms with Crippen molar-refractivity contribution < 1.29 is 4.74 Å². The van der Waals surface area contributed by atoms with Crippen molar-refractivity contribution in [3.63, 3.8) is 0 Å². The number of aryl methyl sites for hydroxylation is 1. The Kier molecular flexibility index (Phi) is 4.70. The second-order valence-electron chi connectivity index (χ2n) is 3.38. The van der Waals surface area contributed by atoms with Crippen molar-refractivity contribution in [1.82, 2.24) is 9.88 Å².